The Morgan fingerprint density at radius 1 is 1.47 bits per heavy atom. The maximum atomic E-state index is 11.2. The van der Waals surface area contributed by atoms with Gasteiger partial charge >= 0.3 is 5.97 Å². The molecule has 0 aliphatic heterocycles. The largest absolute Gasteiger partial charge is 0.334 e. The van der Waals surface area contributed by atoms with E-state index in [-0.39, 0.29) is 25.7 Å². The third-order valence-corrected chi connectivity index (χ3v) is 1.48. The zero-order valence-corrected chi connectivity index (χ0v) is 8.56. The maximum Gasteiger partial charge on any atom is 0.334 e. The van der Waals surface area contributed by atoms with Crippen LogP contribution in [-0.4, -0.2) is 23.3 Å². The number of carbonyl (C=O) groups is 3. The number of nitrogens with zero attached hydrogens (tertiary/aromatic N) is 1. The van der Waals surface area contributed by atoms with Crippen molar-refractivity contribution in [3.63, 3.8) is 0 Å². The fourth-order valence-electron chi connectivity index (χ4n) is 0.785. The molecule has 0 radical (unpaired) electrons. The Labute approximate surface area is 88.3 Å². The third-order valence-electron chi connectivity index (χ3n) is 1.48. The number of amides is 2. The van der Waals surface area contributed by atoms with Crippen molar-refractivity contribution in [3.05, 3.63) is 0 Å². The summed E-state index contributed by atoms with van der Waals surface area (Å²) in [5.74, 6) is 1.02. The number of carbonyl (C=O) groups excluding carboxylic acids is 3. The molecular weight excluding hydrogens is 198 g/mol. The minimum atomic E-state index is -0.690. The average molecular weight is 211 g/mol. The van der Waals surface area contributed by atoms with E-state index in [1.54, 1.807) is 6.92 Å². The molecule has 0 aromatic rings. The predicted molar refractivity (Wildman–Crippen MR) is 52.0 cm³/mol. The number of hydroxylamine groups is 2. The Hall–Kier alpha value is -1.83. The van der Waals surface area contributed by atoms with E-state index in [0.717, 1.165) is 0 Å². The molecule has 0 aromatic heterocycles. The van der Waals surface area contributed by atoms with Crippen LogP contribution in [0.2, 0.25) is 0 Å². The highest BCUT2D eigenvalue weighted by molar-refractivity contribution is 5.86. The summed E-state index contributed by atoms with van der Waals surface area (Å²) < 4.78 is 0. The molecule has 0 unspecified atom stereocenters. The Bertz CT molecular complexity index is 280. The van der Waals surface area contributed by atoms with Crippen LogP contribution >= 0.6 is 0 Å². The van der Waals surface area contributed by atoms with Crippen LogP contribution in [0.1, 0.15) is 32.6 Å². The molecule has 0 atom stereocenters. The number of hydrogen-bond acceptors (Lipinski definition) is 4. The molecule has 5 nitrogen and oxygen atoms in total. The first-order valence-electron chi connectivity index (χ1n) is 4.57. The quantitative estimate of drug-likeness (QED) is 0.380. The van der Waals surface area contributed by atoms with Gasteiger partial charge in [0.2, 0.25) is 0 Å². The number of rotatable bonds is 5. The fraction of sp³-hybridized carbons (Fsp3) is 0.500. The van der Waals surface area contributed by atoms with E-state index in [1.807, 2.05) is 0 Å². The summed E-state index contributed by atoms with van der Waals surface area (Å²) in [6, 6.07) is 0. The molecule has 0 aliphatic rings. The normalized spacial score (nSPS) is 8.80. The van der Waals surface area contributed by atoms with E-state index >= 15 is 0 Å². The van der Waals surface area contributed by atoms with Gasteiger partial charge in [-0.2, -0.15) is 0 Å². The number of hydrogen-bond donors (Lipinski definition) is 0. The molecule has 2 amide bonds. The van der Waals surface area contributed by atoms with Gasteiger partial charge in [0.05, 0.1) is 6.42 Å². The highest BCUT2D eigenvalue weighted by Gasteiger charge is 2.16. The summed E-state index contributed by atoms with van der Waals surface area (Å²) in [7, 11) is 0. The first-order valence-corrected chi connectivity index (χ1v) is 4.57. The van der Waals surface area contributed by atoms with E-state index in [2.05, 4.69) is 10.8 Å². The summed E-state index contributed by atoms with van der Waals surface area (Å²) in [6.45, 7) is 1.78. The van der Waals surface area contributed by atoms with E-state index < -0.39 is 11.9 Å². The van der Waals surface area contributed by atoms with Crippen LogP contribution in [0.4, 0.5) is 0 Å². The lowest BCUT2D eigenvalue weighted by Crippen LogP contribution is -2.32. The molecule has 0 fully saturated rings. The lowest BCUT2D eigenvalue weighted by Gasteiger charge is -2.13. The molecule has 5 heteroatoms. The van der Waals surface area contributed by atoms with Crippen molar-refractivity contribution >= 4 is 18.3 Å². The lowest BCUT2D eigenvalue weighted by atomic mass is 10.3. The van der Waals surface area contributed by atoms with Gasteiger partial charge in [0.25, 0.3) is 12.3 Å². The topological polar surface area (TPSA) is 63.7 Å². The van der Waals surface area contributed by atoms with Crippen molar-refractivity contribution < 1.29 is 19.2 Å². The van der Waals surface area contributed by atoms with Crippen LogP contribution in [0.5, 0.6) is 0 Å². The predicted octanol–water partition coefficient (Wildman–Crippen LogP) is 0.643. The number of terminal acetylenes is 1. The third kappa shape index (κ3) is 5.47. The van der Waals surface area contributed by atoms with Crippen molar-refractivity contribution in [1.29, 1.82) is 0 Å². The van der Waals surface area contributed by atoms with Crippen LogP contribution in [0.3, 0.4) is 0 Å². The molecule has 0 bridgehead atoms. The van der Waals surface area contributed by atoms with Crippen LogP contribution in [0, 0.1) is 12.3 Å². The second-order valence-corrected chi connectivity index (χ2v) is 2.74. The summed E-state index contributed by atoms with van der Waals surface area (Å²) >= 11 is 0. The molecule has 0 rings (SSSR count). The molecule has 0 saturated carbocycles. The van der Waals surface area contributed by atoms with Crippen molar-refractivity contribution in [1.82, 2.24) is 5.06 Å². The van der Waals surface area contributed by atoms with Gasteiger partial charge in [0, 0.05) is 12.8 Å². The summed E-state index contributed by atoms with van der Waals surface area (Å²) in [5.41, 5.74) is 0. The van der Waals surface area contributed by atoms with Gasteiger partial charge in [-0.1, -0.05) is 6.92 Å². The van der Waals surface area contributed by atoms with E-state index in [4.69, 9.17) is 6.42 Å². The van der Waals surface area contributed by atoms with Gasteiger partial charge in [-0.25, -0.2) is 4.79 Å². The van der Waals surface area contributed by atoms with Crippen LogP contribution in [-0.2, 0) is 19.2 Å². The first-order chi connectivity index (χ1) is 7.15. The second kappa shape index (κ2) is 7.56. The monoisotopic (exact) mass is 211 g/mol. The van der Waals surface area contributed by atoms with Crippen molar-refractivity contribution in [2.75, 3.05) is 0 Å². The van der Waals surface area contributed by atoms with Gasteiger partial charge in [-0.05, 0) is 6.42 Å². The van der Waals surface area contributed by atoms with Gasteiger partial charge in [-0.3, -0.25) is 9.59 Å². The molecule has 0 N–H and O–H groups in total. The maximum absolute atomic E-state index is 11.2. The fourth-order valence-corrected chi connectivity index (χ4v) is 0.785. The Morgan fingerprint density at radius 2 is 2.13 bits per heavy atom. The standard InChI is InChI=1S/C10H13NO4/c1-3-5-7-10(14)15-11(8-12)9(13)6-4-2/h1,8H,4-7H2,2H3. The van der Waals surface area contributed by atoms with Gasteiger partial charge in [0.1, 0.15) is 0 Å². The van der Waals surface area contributed by atoms with Crippen molar-refractivity contribution in [3.8, 4) is 12.3 Å². The molecule has 82 valence electrons. The summed E-state index contributed by atoms with van der Waals surface area (Å²) in [6.07, 6.45) is 6.04. The zero-order chi connectivity index (χ0) is 11.7. The van der Waals surface area contributed by atoms with Gasteiger partial charge in [-0.15, -0.1) is 17.4 Å². The van der Waals surface area contributed by atoms with Gasteiger partial charge < -0.3 is 4.84 Å². The average Bonchev–Trinajstić information content (AvgIpc) is 2.23. The zero-order valence-electron chi connectivity index (χ0n) is 8.56. The van der Waals surface area contributed by atoms with E-state index in [0.29, 0.717) is 11.5 Å². The molecule has 0 heterocycles. The summed E-state index contributed by atoms with van der Waals surface area (Å²) in [4.78, 5) is 37.1. The Balaban J connectivity index is 4.10. The molecular formula is C10H13NO4. The molecule has 0 aromatic carbocycles. The highest BCUT2D eigenvalue weighted by atomic mass is 16.7. The Kier molecular flexibility index (Phi) is 6.64. The molecule has 0 saturated heterocycles. The van der Waals surface area contributed by atoms with E-state index in [9.17, 15) is 14.4 Å². The molecule has 15 heavy (non-hydrogen) atoms. The second-order valence-electron chi connectivity index (χ2n) is 2.74. The van der Waals surface area contributed by atoms with Crippen molar-refractivity contribution in [2.24, 2.45) is 0 Å². The SMILES string of the molecule is C#CCCC(=O)ON(C=O)C(=O)CCC. The van der Waals surface area contributed by atoms with Gasteiger partial charge in [0.15, 0.2) is 0 Å². The smallest absolute Gasteiger partial charge is 0.331 e. The molecule has 0 aliphatic carbocycles. The van der Waals surface area contributed by atoms with Crippen LogP contribution in [0.15, 0.2) is 0 Å². The molecule has 0 spiro atoms. The first kappa shape index (κ1) is 13.2. The highest BCUT2D eigenvalue weighted by Crippen LogP contribution is 1.99. The minimum absolute atomic E-state index is 0.0136. The Morgan fingerprint density at radius 3 is 2.60 bits per heavy atom. The van der Waals surface area contributed by atoms with E-state index in [1.165, 1.54) is 0 Å². The summed E-state index contributed by atoms with van der Waals surface area (Å²) in [5, 5.41) is 0.405. The lowest BCUT2D eigenvalue weighted by molar-refractivity contribution is -0.196. The van der Waals surface area contributed by atoms with Crippen molar-refractivity contribution in [2.45, 2.75) is 32.6 Å². The minimum Gasteiger partial charge on any atom is -0.331 e. The van der Waals surface area contributed by atoms with Crippen LogP contribution in [0.25, 0.3) is 0 Å². The number of imide groups is 1. The van der Waals surface area contributed by atoms with Crippen LogP contribution < -0.4 is 0 Å².